The fourth-order valence-electron chi connectivity index (χ4n) is 3.15. The Morgan fingerprint density at radius 1 is 1.50 bits per heavy atom. The van der Waals surface area contributed by atoms with Crippen LogP contribution in [0.4, 0.5) is 0 Å². The molecule has 1 atom stereocenters. The van der Waals surface area contributed by atoms with Crippen LogP contribution in [0.1, 0.15) is 38.2 Å². The molecule has 1 fully saturated rings. The first-order valence-electron chi connectivity index (χ1n) is 7.06. The van der Waals surface area contributed by atoms with Crippen molar-refractivity contribution in [2.24, 2.45) is 0 Å². The molecule has 0 saturated carbocycles. The lowest BCUT2D eigenvalue weighted by molar-refractivity contribution is 0.207. The molecule has 2 heterocycles. The molecule has 1 aliphatic rings. The third kappa shape index (κ3) is 3.53. The molecule has 3 heteroatoms. The first-order valence-corrected chi connectivity index (χ1v) is 7.06. The highest BCUT2D eigenvalue weighted by molar-refractivity contribution is 5.08. The Morgan fingerprint density at radius 3 is 3.00 bits per heavy atom. The third-order valence-electron chi connectivity index (χ3n) is 3.81. The third-order valence-corrected chi connectivity index (χ3v) is 3.81. The molecular weight excluding hydrogens is 222 g/mol. The zero-order valence-electron chi connectivity index (χ0n) is 11.7. The van der Waals surface area contributed by atoms with Gasteiger partial charge in [-0.3, -0.25) is 4.98 Å². The van der Waals surface area contributed by atoms with E-state index in [1.165, 1.54) is 37.8 Å². The van der Waals surface area contributed by atoms with Crippen molar-refractivity contribution in [3.8, 4) is 0 Å². The molecule has 100 valence electrons. The second-order valence-electron chi connectivity index (χ2n) is 5.59. The Hall–Kier alpha value is -0.930. The van der Waals surface area contributed by atoms with Gasteiger partial charge in [-0.15, -0.1) is 0 Å². The van der Waals surface area contributed by atoms with Crippen molar-refractivity contribution in [2.75, 3.05) is 20.1 Å². The standard InChI is InChI=1S/C15H25N3/c1-3-7-15(8-5-10-17-15)13-18(2)12-14-6-4-9-16-11-14/h4,6,9,11,17H,3,5,7-8,10,12-13H2,1-2H3. The predicted molar refractivity (Wildman–Crippen MR) is 75.4 cm³/mol. The average Bonchev–Trinajstić information content (AvgIpc) is 2.79. The van der Waals surface area contributed by atoms with Crippen LogP contribution in [0.3, 0.4) is 0 Å². The molecule has 2 rings (SSSR count). The SMILES string of the molecule is CCCC1(CN(C)Cc2cccnc2)CCCN1. The summed E-state index contributed by atoms with van der Waals surface area (Å²) in [4.78, 5) is 6.60. The molecule has 1 aromatic heterocycles. The van der Waals surface area contributed by atoms with Gasteiger partial charge in [0, 0.05) is 31.0 Å². The van der Waals surface area contributed by atoms with E-state index >= 15 is 0 Å². The number of pyridine rings is 1. The highest BCUT2D eigenvalue weighted by Gasteiger charge is 2.33. The lowest BCUT2D eigenvalue weighted by atomic mass is 9.91. The van der Waals surface area contributed by atoms with Gasteiger partial charge in [-0.1, -0.05) is 19.4 Å². The Kier molecular flexibility index (Phi) is 4.72. The number of nitrogens with zero attached hydrogens (tertiary/aromatic N) is 2. The van der Waals surface area contributed by atoms with Crippen LogP contribution in [-0.4, -0.2) is 35.6 Å². The van der Waals surface area contributed by atoms with Gasteiger partial charge in [0.2, 0.25) is 0 Å². The van der Waals surface area contributed by atoms with Crippen LogP contribution in [0.15, 0.2) is 24.5 Å². The molecule has 1 aliphatic heterocycles. The van der Waals surface area contributed by atoms with Crippen LogP contribution in [-0.2, 0) is 6.54 Å². The molecule has 1 N–H and O–H groups in total. The van der Waals surface area contributed by atoms with Gasteiger partial charge in [-0.25, -0.2) is 0 Å². The lowest BCUT2D eigenvalue weighted by Gasteiger charge is -2.34. The Morgan fingerprint density at radius 2 is 2.39 bits per heavy atom. The molecule has 18 heavy (non-hydrogen) atoms. The van der Waals surface area contributed by atoms with Gasteiger partial charge in [0.15, 0.2) is 0 Å². The molecule has 1 saturated heterocycles. The predicted octanol–water partition coefficient (Wildman–Crippen LogP) is 2.44. The van der Waals surface area contributed by atoms with E-state index in [4.69, 9.17) is 0 Å². The topological polar surface area (TPSA) is 28.2 Å². The van der Waals surface area contributed by atoms with Crippen LogP contribution < -0.4 is 5.32 Å². The van der Waals surface area contributed by atoms with Crippen LogP contribution in [0, 0.1) is 0 Å². The van der Waals surface area contributed by atoms with E-state index in [9.17, 15) is 0 Å². The summed E-state index contributed by atoms with van der Waals surface area (Å²) in [5, 5.41) is 3.73. The highest BCUT2D eigenvalue weighted by Crippen LogP contribution is 2.25. The van der Waals surface area contributed by atoms with E-state index < -0.39 is 0 Å². The van der Waals surface area contributed by atoms with Gasteiger partial charge in [-0.2, -0.15) is 0 Å². The van der Waals surface area contributed by atoms with E-state index in [0.717, 1.165) is 13.1 Å². The van der Waals surface area contributed by atoms with Crippen LogP contribution in [0.25, 0.3) is 0 Å². The maximum Gasteiger partial charge on any atom is 0.0312 e. The maximum atomic E-state index is 4.18. The van der Waals surface area contributed by atoms with E-state index in [1.807, 2.05) is 18.5 Å². The molecule has 3 nitrogen and oxygen atoms in total. The summed E-state index contributed by atoms with van der Waals surface area (Å²) in [6.07, 6.45) is 8.97. The van der Waals surface area contributed by atoms with E-state index in [1.54, 1.807) is 0 Å². The first-order chi connectivity index (χ1) is 8.74. The van der Waals surface area contributed by atoms with Gasteiger partial charge in [0.25, 0.3) is 0 Å². The second kappa shape index (κ2) is 6.30. The molecule has 1 aromatic rings. The molecule has 0 bridgehead atoms. The summed E-state index contributed by atoms with van der Waals surface area (Å²) >= 11 is 0. The van der Waals surface area contributed by atoms with Crippen LogP contribution in [0.2, 0.25) is 0 Å². The van der Waals surface area contributed by atoms with Gasteiger partial charge in [-0.05, 0) is 44.5 Å². The van der Waals surface area contributed by atoms with E-state index in [0.29, 0.717) is 5.54 Å². The molecule has 0 aliphatic carbocycles. The molecule has 0 radical (unpaired) electrons. The number of aromatic nitrogens is 1. The highest BCUT2D eigenvalue weighted by atomic mass is 15.2. The average molecular weight is 247 g/mol. The summed E-state index contributed by atoms with van der Waals surface area (Å²) in [5.74, 6) is 0. The van der Waals surface area contributed by atoms with Crippen LogP contribution in [0.5, 0.6) is 0 Å². The fraction of sp³-hybridized carbons (Fsp3) is 0.667. The maximum absolute atomic E-state index is 4.18. The van der Waals surface area contributed by atoms with Crippen molar-refractivity contribution < 1.29 is 0 Å². The summed E-state index contributed by atoms with van der Waals surface area (Å²) in [7, 11) is 2.21. The van der Waals surface area contributed by atoms with E-state index in [-0.39, 0.29) is 0 Å². The Bertz CT molecular complexity index is 344. The van der Waals surface area contributed by atoms with Crippen molar-refractivity contribution in [2.45, 2.75) is 44.7 Å². The largest absolute Gasteiger partial charge is 0.310 e. The lowest BCUT2D eigenvalue weighted by Crippen LogP contribution is -2.48. The number of rotatable bonds is 6. The second-order valence-corrected chi connectivity index (χ2v) is 5.59. The zero-order valence-corrected chi connectivity index (χ0v) is 11.7. The summed E-state index contributed by atoms with van der Waals surface area (Å²) in [6.45, 7) is 5.58. The quantitative estimate of drug-likeness (QED) is 0.837. The summed E-state index contributed by atoms with van der Waals surface area (Å²) in [5.41, 5.74) is 1.65. The van der Waals surface area contributed by atoms with Crippen molar-refractivity contribution in [1.82, 2.24) is 15.2 Å². The first kappa shape index (κ1) is 13.5. The molecular formula is C15H25N3. The summed E-state index contributed by atoms with van der Waals surface area (Å²) in [6, 6.07) is 4.16. The van der Waals surface area contributed by atoms with Gasteiger partial charge in [0.05, 0.1) is 0 Å². The van der Waals surface area contributed by atoms with Crippen molar-refractivity contribution in [1.29, 1.82) is 0 Å². The Balaban J connectivity index is 1.91. The van der Waals surface area contributed by atoms with Crippen molar-refractivity contribution >= 4 is 0 Å². The normalized spacial score (nSPS) is 23.7. The molecule has 0 aromatic carbocycles. The minimum absolute atomic E-state index is 0.353. The smallest absolute Gasteiger partial charge is 0.0312 e. The number of nitrogens with one attached hydrogen (secondary N) is 1. The number of hydrogen-bond acceptors (Lipinski definition) is 3. The number of likely N-dealkylation sites (N-methyl/N-ethyl adjacent to an activating group) is 1. The Labute approximate surface area is 111 Å². The van der Waals surface area contributed by atoms with E-state index in [2.05, 4.69) is 35.2 Å². The summed E-state index contributed by atoms with van der Waals surface area (Å²) < 4.78 is 0. The minimum Gasteiger partial charge on any atom is -0.310 e. The van der Waals surface area contributed by atoms with Crippen LogP contribution >= 0.6 is 0 Å². The van der Waals surface area contributed by atoms with Gasteiger partial charge < -0.3 is 10.2 Å². The van der Waals surface area contributed by atoms with Crippen molar-refractivity contribution in [3.05, 3.63) is 30.1 Å². The number of hydrogen-bond donors (Lipinski definition) is 1. The van der Waals surface area contributed by atoms with Crippen molar-refractivity contribution in [3.63, 3.8) is 0 Å². The monoisotopic (exact) mass is 247 g/mol. The minimum atomic E-state index is 0.353. The zero-order chi connectivity index (χ0) is 12.8. The van der Waals surface area contributed by atoms with Gasteiger partial charge >= 0.3 is 0 Å². The van der Waals surface area contributed by atoms with Gasteiger partial charge in [0.1, 0.15) is 0 Å². The fourth-order valence-corrected chi connectivity index (χ4v) is 3.15. The molecule has 0 spiro atoms. The molecule has 1 unspecified atom stereocenters. The molecule has 0 amide bonds.